The fourth-order valence-electron chi connectivity index (χ4n) is 5.95. The fraction of sp³-hybridized carbons (Fsp3) is 0.382. The topological polar surface area (TPSA) is 89.1 Å². The number of carbonyl (C=O) groups is 1. The molecule has 2 aromatic heterocycles. The van der Waals surface area contributed by atoms with Gasteiger partial charge in [-0.1, -0.05) is 23.7 Å². The molecule has 9 heteroatoms. The van der Waals surface area contributed by atoms with E-state index in [1.54, 1.807) is 11.3 Å². The van der Waals surface area contributed by atoms with Gasteiger partial charge in [-0.25, -0.2) is 9.78 Å². The van der Waals surface area contributed by atoms with Gasteiger partial charge in [0, 0.05) is 33.0 Å². The van der Waals surface area contributed by atoms with E-state index in [0.29, 0.717) is 10.9 Å². The van der Waals surface area contributed by atoms with Crippen LogP contribution in [0.3, 0.4) is 0 Å². The summed E-state index contributed by atoms with van der Waals surface area (Å²) in [6.45, 7) is 12.0. The third kappa shape index (κ3) is 6.07. The highest BCUT2D eigenvalue weighted by Gasteiger charge is 2.33. The number of fused-ring (bicyclic) bond motifs is 2. The second kappa shape index (κ2) is 12.0. The summed E-state index contributed by atoms with van der Waals surface area (Å²) in [6, 6.07) is 16.2. The van der Waals surface area contributed by atoms with Crippen LogP contribution in [0.25, 0.3) is 42.8 Å². The minimum Gasteiger partial charge on any atom is -0.464 e. The van der Waals surface area contributed by atoms with Gasteiger partial charge in [-0.2, -0.15) is 5.10 Å². The van der Waals surface area contributed by atoms with Crippen molar-refractivity contribution in [1.82, 2.24) is 20.5 Å². The van der Waals surface area contributed by atoms with Gasteiger partial charge < -0.3 is 14.8 Å². The lowest BCUT2D eigenvalue weighted by atomic mass is 9.91. The molecule has 1 atom stereocenters. The monoisotopic (exact) mass is 616 g/mol. The van der Waals surface area contributed by atoms with Crippen molar-refractivity contribution in [3.8, 4) is 21.7 Å². The van der Waals surface area contributed by atoms with Gasteiger partial charge in [0.2, 0.25) is 0 Å². The Balaban J connectivity index is 1.54. The number of H-pyrrole nitrogens is 1. The number of piperidine rings is 1. The van der Waals surface area contributed by atoms with Crippen LogP contribution in [0, 0.1) is 6.92 Å². The number of aromatic amines is 1. The summed E-state index contributed by atoms with van der Waals surface area (Å²) >= 11 is 7.92. The highest BCUT2D eigenvalue weighted by Crippen LogP contribution is 2.45. The number of nitrogens with zero attached hydrogens (tertiary/aromatic N) is 2. The fourth-order valence-corrected chi connectivity index (χ4v) is 7.19. The third-order valence-corrected chi connectivity index (χ3v) is 9.25. The smallest absolute Gasteiger partial charge is 0.339 e. The normalized spacial score (nSPS) is 15.3. The molecule has 6 rings (SSSR count). The van der Waals surface area contributed by atoms with Gasteiger partial charge in [-0.3, -0.25) is 5.10 Å². The number of hydrogen-bond acceptors (Lipinski definition) is 7. The number of aryl methyl sites for hydroxylation is 1. The Morgan fingerprint density at radius 2 is 1.81 bits per heavy atom. The second-order valence-corrected chi connectivity index (χ2v) is 13.5. The largest absolute Gasteiger partial charge is 0.464 e. The summed E-state index contributed by atoms with van der Waals surface area (Å²) in [7, 11) is 0. The molecule has 3 heterocycles. The average molecular weight is 617 g/mol. The van der Waals surface area contributed by atoms with Gasteiger partial charge >= 0.3 is 5.97 Å². The zero-order chi connectivity index (χ0) is 30.3. The maximum absolute atomic E-state index is 13.4. The van der Waals surface area contributed by atoms with Crippen molar-refractivity contribution < 1.29 is 14.3 Å². The van der Waals surface area contributed by atoms with Crippen LogP contribution >= 0.6 is 22.9 Å². The van der Waals surface area contributed by atoms with Gasteiger partial charge in [0.05, 0.1) is 33.6 Å². The summed E-state index contributed by atoms with van der Waals surface area (Å²) in [5, 5.41) is 14.1. The van der Waals surface area contributed by atoms with Crippen LogP contribution in [0.4, 0.5) is 0 Å². The van der Waals surface area contributed by atoms with E-state index in [4.69, 9.17) is 31.2 Å². The van der Waals surface area contributed by atoms with Gasteiger partial charge in [0.15, 0.2) is 6.10 Å². The maximum Gasteiger partial charge on any atom is 0.339 e. The van der Waals surface area contributed by atoms with E-state index >= 15 is 0 Å². The van der Waals surface area contributed by atoms with Crippen LogP contribution in [0.15, 0.2) is 48.5 Å². The molecule has 224 valence electrons. The number of ether oxygens (including phenoxy) is 2. The van der Waals surface area contributed by atoms with Gasteiger partial charge in [0.1, 0.15) is 5.01 Å². The SMILES string of the molecule is CCOC(=O)[C@@H](OC(C)(C)C)c1c(C)cc2nc(-c3ccc4[nH]nc(C5CCNCC5)c4c3)sc2c1-c1ccc(Cl)cc1. The van der Waals surface area contributed by atoms with E-state index in [0.717, 1.165) is 85.6 Å². The van der Waals surface area contributed by atoms with Gasteiger partial charge in [-0.15, -0.1) is 11.3 Å². The molecule has 0 bridgehead atoms. The number of hydrogen-bond donors (Lipinski definition) is 2. The van der Waals surface area contributed by atoms with E-state index in [-0.39, 0.29) is 6.61 Å². The van der Waals surface area contributed by atoms with Crippen LogP contribution in [0.5, 0.6) is 0 Å². The molecular formula is C34H37ClN4O3S. The maximum atomic E-state index is 13.4. The molecule has 5 aromatic rings. The molecule has 0 aliphatic carbocycles. The van der Waals surface area contributed by atoms with E-state index in [2.05, 4.69) is 34.7 Å². The molecular weight excluding hydrogens is 580 g/mol. The summed E-state index contributed by atoms with van der Waals surface area (Å²) in [4.78, 5) is 18.6. The van der Waals surface area contributed by atoms with Crippen LogP contribution < -0.4 is 5.32 Å². The van der Waals surface area contributed by atoms with Gasteiger partial charge in [0.25, 0.3) is 0 Å². The molecule has 0 spiro atoms. The van der Waals surface area contributed by atoms with E-state index in [1.807, 2.05) is 58.9 Å². The number of benzene rings is 3. The number of thiazole rings is 1. The molecule has 0 unspecified atom stereocenters. The van der Waals surface area contributed by atoms with Crippen LogP contribution in [-0.2, 0) is 14.3 Å². The highest BCUT2D eigenvalue weighted by molar-refractivity contribution is 7.22. The van der Waals surface area contributed by atoms with Crippen molar-refractivity contribution in [3.05, 3.63) is 70.4 Å². The third-order valence-electron chi connectivity index (χ3n) is 7.86. The van der Waals surface area contributed by atoms with Crippen molar-refractivity contribution in [2.24, 2.45) is 0 Å². The Hall–Kier alpha value is -3.30. The predicted molar refractivity (Wildman–Crippen MR) is 175 cm³/mol. The zero-order valence-electron chi connectivity index (χ0n) is 25.2. The van der Waals surface area contributed by atoms with Crippen molar-refractivity contribution in [2.45, 2.75) is 65.1 Å². The molecule has 1 fully saturated rings. The molecule has 0 radical (unpaired) electrons. The van der Waals surface area contributed by atoms with Crippen molar-refractivity contribution in [2.75, 3.05) is 19.7 Å². The number of aromatic nitrogens is 3. The molecule has 0 amide bonds. The van der Waals surface area contributed by atoms with Crippen molar-refractivity contribution in [1.29, 1.82) is 0 Å². The number of halogens is 1. The molecule has 1 aliphatic heterocycles. The van der Waals surface area contributed by atoms with Crippen LogP contribution in [-0.4, -0.2) is 46.4 Å². The predicted octanol–water partition coefficient (Wildman–Crippen LogP) is 8.35. The lowest BCUT2D eigenvalue weighted by molar-refractivity contribution is -0.166. The van der Waals surface area contributed by atoms with E-state index < -0.39 is 17.7 Å². The Morgan fingerprint density at radius 1 is 1.09 bits per heavy atom. The average Bonchev–Trinajstić information content (AvgIpc) is 3.60. The van der Waals surface area contributed by atoms with E-state index in [9.17, 15) is 4.79 Å². The lowest BCUT2D eigenvalue weighted by Crippen LogP contribution is -2.29. The Labute approximate surface area is 261 Å². The van der Waals surface area contributed by atoms with Crippen molar-refractivity contribution >= 4 is 50.0 Å². The highest BCUT2D eigenvalue weighted by atomic mass is 35.5. The van der Waals surface area contributed by atoms with E-state index in [1.165, 1.54) is 0 Å². The number of nitrogens with one attached hydrogen (secondary N) is 2. The lowest BCUT2D eigenvalue weighted by Gasteiger charge is -2.29. The minimum atomic E-state index is -0.907. The Kier molecular flexibility index (Phi) is 8.31. The quantitative estimate of drug-likeness (QED) is 0.179. The molecule has 7 nitrogen and oxygen atoms in total. The molecule has 0 saturated carbocycles. The summed E-state index contributed by atoms with van der Waals surface area (Å²) in [5.41, 5.74) is 7.06. The second-order valence-electron chi connectivity index (χ2n) is 12.1. The standard InChI is InChI=1S/C34H37ClN4O3S/c1-6-41-33(40)30(42-34(3,4)5)27-19(2)17-26-31(28(27)20-7-10-23(35)11-8-20)43-32(37-26)22-9-12-25-24(18-22)29(39-38-25)21-13-15-36-16-14-21/h7-12,17-18,21,30,36H,6,13-16H2,1-5H3,(H,38,39)/t30-/m0/s1. The number of esters is 1. The Bertz CT molecular complexity index is 1780. The first kappa shape index (κ1) is 29.8. The first-order valence-corrected chi connectivity index (χ1v) is 16.1. The number of carbonyl (C=O) groups excluding carboxylic acids is 1. The summed E-state index contributed by atoms with van der Waals surface area (Å²) in [5.74, 6) is 0.0284. The van der Waals surface area contributed by atoms with Gasteiger partial charge in [-0.05, 0) is 108 Å². The molecule has 1 saturated heterocycles. The Morgan fingerprint density at radius 3 is 2.51 bits per heavy atom. The van der Waals surface area contributed by atoms with Crippen LogP contribution in [0.2, 0.25) is 5.02 Å². The first-order chi connectivity index (χ1) is 20.6. The minimum absolute atomic E-state index is 0.265. The number of rotatable bonds is 7. The molecule has 2 N–H and O–H groups in total. The van der Waals surface area contributed by atoms with Crippen molar-refractivity contribution in [3.63, 3.8) is 0 Å². The molecule has 1 aliphatic rings. The van der Waals surface area contributed by atoms with Crippen LogP contribution in [0.1, 0.15) is 69.4 Å². The molecule has 43 heavy (non-hydrogen) atoms. The zero-order valence-corrected chi connectivity index (χ0v) is 26.8. The summed E-state index contributed by atoms with van der Waals surface area (Å²) < 4.78 is 12.9. The molecule has 3 aromatic carbocycles. The first-order valence-electron chi connectivity index (χ1n) is 14.9. The summed E-state index contributed by atoms with van der Waals surface area (Å²) in [6.07, 6.45) is 1.25.